The molecule has 0 aliphatic heterocycles. The number of hydrogen-bond donors (Lipinski definition) is 2. The van der Waals surface area contributed by atoms with Gasteiger partial charge in [0.1, 0.15) is 17.4 Å². The van der Waals surface area contributed by atoms with Crippen molar-refractivity contribution in [3.8, 4) is 17.2 Å². The average molecular weight is 300 g/mol. The summed E-state index contributed by atoms with van der Waals surface area (Å²) in [4.78, 5) is 11.8. The SMILES string of the molecule is N#Cc1cc2c(cn1)[nH]c1ncc(-c3ccccc3CO)cc12. The molecule has 3 heterocycles. The number of nitrogens with zero attached hydrogens (tertiary/aromatic N) is 3. The highest BCUT2D eigenvalue weighted by molar-refractivity contribution is 6.07. The summed E-state index contributed by atoms with van der Waals surface area (Å²) >= 11 is 0. The molecule has 0 radical (unpaired) electrons. The van der Waals surface area contributed by atoms with E-state index in [2.05, 4.69) is 21.0 Å². The van der Waals surface area contributed by atoms with Crippen molar-refractivity contribution in [1.29, 1.82) is 5.26 Å². The third kappa shape index (κ3) is 2.13. The van der Waals surface area contributed by atoms with E-state index in [9.17, 15) is 5.11 Å². The maximum atomic E-state index is 9.52. The van der Waals surface area contributed by atoms with Gasteiger partial charge in [0, 0.05) is 22.5 Å². The van der Waals surface area contributed by atoms with E-state index in [1.54, 1.807) is 18.5 Å². The second-order valence-corrected chi connectivity index (χ2v) is 5.29. The van der Waals surface area contributed by atoms with Crippen LogP contribution < -0.4 is 0 Å². The monoisotopic (exact) mass is 300 g/mol. The number of aliphatic hydroxyl groups is 1. The summed E-state index contributed by atoms with van der Waals surface area (Å²) in [6.45, 7) is -0.0232. The van der Waals surface area contributed by atoms with Gasteiger partial charge in [-0.1, -0.05) is 24.3 Å². The number of H-pyrrole nitrogens is 1. The molecule has 5 heteroatoms. The van der Waals surface area contributed by atoms with E-state index in [1.165, 1.54) is 0 Å². The highest BCUT2D eigenvalue weighted by Crippen LogP contribution is 2.30. The molecule has 0 spiro atoms. The number of benzene rings is 1. The van der Waals surface area contributed by atoms with Crippen molar-refractivity contribution in [3.63, 3.8) is 0 Å². The number of pyridine rings is 2. The molecule has 3 aromatic heterocycles. The lowest BCUT2D eigenvalue weighted by Gasteiger charge is -2.07. The van der Waals surface area contributed by atoms with Crippen LogP contribution in [0.3, 0.4) is 0 Å². The van der Waals surface area contributed by atoms with Crippen LogP contribution in [0.4, 0.5) is 0 Å². The van der Waals surface area contributed by atoms with Gasteiger partial charge in [0.25, 0.3) is 0 Å². The highest BCUT2D eigenvalue weighted by atomic mass is 16.3. The van der Waals surface area contributed by atoms with Crippen molar-refractivity contribution >= 4 is 21.9 Å². The fourth-order valence-corrected chi connectivity index (χ4v) is 2.82. The van der Waals surface area contributed by atoms with E-state index >= 15 is 0 Å². The fourth-order valence-electron chi connectivity index (χ4n) is 2.82. The summed E-state index contributed by atoms with van der Waals surface area (Å²) in [5.74, 6) is 0. The lowest BCUT2D eigenvalue weighted by molar-refractivity contribution is 0.282. The summed E-state index contributed by atoms with van der Waals surface area (Å²) in [7, 11) is 0. The molecular formula is C18H12N4O. The molecule has 2 N–H and O–H groups in total. The van der Waals surface area contributed by atoms with Gasteiger partial charge in [0.05, 0.1) is 18.3 Å². The van der Waals surface area contributed by atoms with Crippen LogP contribution in [-0.2, 0) is 6.61 Å². The van der Waals surface area contributed by atoms with Crippen LogP contribution in [-0.4, -0.2) is 20.1 Å². The van der Waals surface area contributed by atoms with E-state index in [0.717, 1.165) is 38.6 Å². The van der Waals surface area contributed by atoms with Gasteiger partial charge in [-0.15, -0.1) is 0 Å². The molecule has 0 aliphatic carbocycles. The number of fused-ring (bicyclic) bond motifs is 3. The molecule has 5 nitrogen and oxygen atoms in total. The molecule has 0 bridgehead atoms. The minimum Gasteiger partial charge on any atom is -0.392 e. The standard InChI is InChI=1S/C18H12N4O/c19-7-13-6-15-16-5-12(14-4-2-1-3-11(14)10-23)8-21-18(16)22-17(15)9-20-13/h1-6,8-9,23H,10H2,(H,21,22). The maximum absolute atomic E-state index is 9.52. The predicted molar refractivity (Wildman–Crippen MR) is 87.5 cm³/mol. The predicted octanol–water partition coefficient (Wildman–Crippen LogP) is 3.14. The van der Waals surface area contributed by atoms with Crippen LogP contribution in [0, 0.1) is 11.3 Å². The number of aromatic nitrogens is 3. The van der Waals surface area contributed by atoms with Crippen LogP contribution in [0.2, 0.25) is 0 Å². The number of aromatic amines is 1. The Kier molecular flexibility index (Phi) is 3.04. The molecule has 0 atom stereocenters. The van der Waals surface area contributed by atoms with Crippen LogP contribution in [0.25, 0.3) is 33.1 Å². The van der Waals surface area contributed by atoms with Gasteiger partial charge in [-0.25, -0.2) is 9.97 Å². The molecule has 0 unspecified atom stereocenters. The van der Waals surface area contributed by atoms with E-state index in [4.69, 9.17) is 5.26 Å². The Morgan fingerprint density at radius 3 is 2.78 bits per heavy atom. The third-order valence-electron chi connectivity index (χ3n) is 3.95. The third-order valence-corrected chi connectivity index (χ3v) is 3.95. The zero-order valence-electron chi connectivity index (χ0n) is 12.1. The van der Waals surface area contributed by atoms with Gasteiger partial charge < -0.3 is 10.1 Å². The molecule has 23 heavy (non-hydrogen) atoms. The second kappa shape index (κ2) is 5.20. The first kappa shape index (κ1) is 13.4. The van der Waals surface area contributed by atoms with Gasteiger partial charge >= 0.3 is 0 Å². The van der Waals surface area contributed by atoms with Gasteiger partial charge in [-0.2, -0.15) is 5.26 Å². The van der Waals surface area contributed by atoms with Gasteiger partial charge in [-0.05, 0) is 23.3 Å². The number of rotatable bonds is 2. The maximum Gasteiger partial charge on any atom is 0.141 e. The first-order valence-electron chi connectivity index (χ1n) is 7.17. The van der Waals surface area contributed by atoms with Crippen molar-refractivity contribution < 1.29 is 5.11 Å². The normalized spacial score (nSPS) is 11.0. The first-order valence-corrected chi connectivity index (χ1v) is 7.17. The zero-order valence-corrected chi connectivity index (χ0v) is 12.1. The molecule has 4 aromatic rings. The van der Waals surface area contributed by atoms with Gasteiger partial charge in [-0.3, -0.25) is 0 Å². The summed E-state index contributed by atoms with van der Waals surface area (Å²) < 4.78 is 0. The largest absolute Gasteiger partial charge is 0.392 e. The number of hydrogen-bond acceptors (Lipinski definition) is 4. The molecule has 0 aliphatic rings. The summed E-state index contributed by atoms with van der Waals surface area (Å²) in [5, 5.41) is 20.4. The average Bonchev–Trinajstić information content (AvgIpc) is 2.98. The molecule has 0 saturated carbocycles. The van der Waals surface area contributed by atoms with Crippen molar-refractivity contribution in [2.45, 2.75) is 6.61 Å². The summed E-state index contributed by atoms with van der Waals surface area (Å²) in [6.07, 6.45) is 3.43. The van der Waals surface area contributed by atoms with Crippen molar-refractivity contribution in [1.82, 2.24) is 15.0 Å². The molecule has 0 saturated heterocycles. The molecular weight excluding hydrogens is 288 g/mol. The quantitative estimate of drug-likeness (QED) is 0.595. The zero-order chi connectivity index (χ0) is 15.8. The number of nitriles is 1. The van der Waals surface area contributed by atoms with Crippen molar-refractivity contribution in [2.75, 3.05) is 0 Å². The molecule has 0 amide bonds. The van der Waals surface area contributed by atoms with E-state index in [-0.39, 0.29) is 6.61 Å². The van der Waals surface area contributed by atoms with E-state index in [1.807, 2.05) is 30.3 Å². The topological polar surface area (TPSA) is 85.6 Å². The minimum absolute atomic E-state index is 0.0232. The summed E-state index contributed by atoms with van der Waals surface area (Å²) in [6, 6.07) is 13.5. The Bertz CT molecular complexity index is 1080. The Hall–Kier alpha value is -3.23. The van der Waals surface area contributed by atoms with Crippen LogP contribution in [0.1, 0.15) is 11.3 Å². The molecule has 0 fully saturated rings. The van der Waals surface area contributed by atoms with E-state index in [0.29, 0.717) is 5.69 Å². The summed E-state index contributed by atoms with van der Waals surface area (Å²) in [5.41, 5.74) is 4.71. The van der Waals surface area contributed by atoms with Crippen LogP contribution in [0.5, 0.6) is 0 Å². The van der Waals surface area contributed by atoms with Crippen LogP contribution in [0.15, 0.2) is 48.8 Å². The fraction of sp³-hybridized carbons (Fsp3) is 0.0556. The van der Waals surface area contributed by atoms with Crippen molar-refractivity contribution in [2.24, 2.45) is 0 Å². The van der Waals surface area contributed by atoms with Crippen LogP contribution >= 0.6 is 0 Å². The van der Waals surface area contributed by atoms with E-state index < -0.39 is 0 Å². The number of nitrogens with one attached hydrogen (secondary N) is 1. The van der Waals surface area contributed by atoms with Gasteiger partial charge in [0.2, 0.25) is 0 Å². The number of aliphatic hydroxyl groups excluding tert-OH is 1. The molecule has 1 aromatic carbocycles. The Labute approximate surface area is 131 Å². The van der Waals surface area contributed by atoms with Crippen molar-refractivity contribution in [3.05, 3.63) is 60.0 Å². The molecule has 4 rings (SSSR count). The highest BCUT2D eigenvalue weighted by Gasteiger charge is 2.10. The Morgan fingerprint density at radius 2 is 1.96 bits per heavy atom. The smallest absolute Gasteiger partial charge is 0.141 e. The second-order valence-electron chi connectivity index (χ2n) is 5.29. The minimum atomic E-state index is -0.0232. The molecule has 110 valence electrons. The Balaban J connectivity index is 2.00. The Morgan fingerprint density at radius 1 is 1.09 bits per heavy atom. The lowest BCUT2D eigenvalue weighted by Crippen LogP contribution is -1.89. The van der Waals surface area contributed by atoms with Gasteiger partial charge in [0.15, 0.2) is 0 Å². The lowest BCUT2D eigenvalue weighted by atomic mass is 10.0. The first-order chi connectivity index (χ1) is 11.3.